The Kier molecular flexibility index (Phi) is 2.42. The Hall–Kier alpha value is -2.54. The van der Waals surface area contributed by atoms with E-state index in [1.54, 1.807) is 18.2 Å². The minimum absolute atomic E-state index is 0.00822. The molecule has 2 N–H and O–H groups in total. The normalized spacial score (nSPS) is 17.2. The number of carbonyl (C=O) groups excluding carboxylic acids is 1. The number of nitrogens with zero attached hydrogens (tertiary/aromatic N) is 3. The van der Waals surface area contributed by atoms with Crippen molar-refractivity contribution in [2.75, 3.05) is 7.11 Å². The van der Waals surface area contributed by atoms with Crippen molar-refractivity contribution in [1.29, 1.82) is 0 Å². The van der Waals surface area contributed by atoms with Crippen molar-refractivity contribution in [3.63, 3.8) is 0 Å². The van der Waals surface area contributed by atoms with Crippen LogP contribution in [0.5, 0.6) is 0 Å². The highest BCUT2D eigenvalue weighted by Gasteiger charge is 2.19. The zero-order valence-corrected chi connectivity index (χ0v) is 10.0. The van der Waals surface area contributed by atoms with Gasteiger partial charge in [-0.05, 0) is 12.2 Å². The molecule has 7 nitrogen and oxygen atoms in total. The second kappa shape index (κ2) is 3.99. The van der Waals surface area contributed by atoms with Gasteiger partial charge in [-0.1, -0.05) is 6.08 Å². The molecule has 0 bridgehead atoms. The molecule has 2 aromatic heterocycles. The summed E-state index contributed by atoms with van der Waals surface area (Å²) in [6.07, 6.45) is 4.77. The van der Waals surface area contributed by atoms with E-state index in [9.17, 15) is 9.59 Å². The van der Waals surface area contributed by atoms with E-state index >= 15 is 0 Å². The van der Waals surface area contributed by atoms with E-state index in [4.69, 9.17) is 10.5 Å². The maximum Gasteiger partial charge on any atom is 0.282 e. The van der Waals surface area contributed by atoms with Crippen molar-refractivity contribution >= 4 is 17.6 Å². The van der Waals surface area contributed by atoms with Crippen LogP contribution >= 0.6 is 0 Å². The fourth-order valence-corrected chi connectivity index (χ4v) is 2.04. The van der Waals surface area contributed by atoms with E-state index in [2.05, 4.69) is 10.1 Å². The smallest absolute Gasteiger partial charge is 0.282 e. The molecule has 1 unspecified atom stereocenters. The molecule has 3 rings (SSSR count). The topological polar surface area (TPSA) is 99.6 Å². The van der Waals surface area contributed by atoms with Gasteiger partial charge in [0, 0.05) is 13.2 Å². The Bertz CT molecular complexity index is 822. The van der Waals surface area contributed by atoms with Crippen molar-refractivity contribution in [2.45, 2.75) is 6.10 Å². The number of fused-ring (bicyclic) bond motifs is 2. The molecule has 1 aliphatic carbocycles. The zero-order chi connectivity index (χ0) is 13.6. The van der Waals surface area contributed by atoms with Crippen molar-refractivity contribution in [1.82, 2.24) is 14.6 Å². The Morgan fingerprint density at radius 3 is 3.00 bits per heavy atom. The maximum absolute atomic E-state index is 12.3. The molecule has 0 aromatic carbocycles. The number of ether oxygens (including phenoxy) is 1. The van der Waals surface area contributed by atoms with Gasteiger partial charge in [0.2, 0.25) is 0 Å². The SMILES string of the molecule is COC1C=CC=c2c1nc1cc(C(N)=O)nn1c2=O. The summed E-state index contributed by atoms with van der Waals surface area (Å²) in [5.74, 6) is -0.701. The largest absolute Gasteiger partial charge is 0.371 e. The lowest BCUT2D eigenvalue weighted by molar-refractivity contribution is 0.0995. The highest BCUT2D eigenvalue weighted by Crippen LogP contribution is 2.15. The van der Waals surface area contributed by atoms with E-state index in [1.807, 2.05) is 0 Å². The van der Waals surface area contributed by atoms with Crippen LogP contribution in [-0.4, -0.2) is 27.6 Å². The molecule has 0 spiro atoms. The zero-order valence-electron chi connectivity index (χ0n) is 10.0. The quantitative estimate of drug-likeness (QED) is 0.740. The Morgan fingerprint density at radius 2 is 2.32 bits per heavy atom. The first kappa shape index (κ1) is 11.5. The van der Waals surface area contributed by atoms with Gasteiger partial charge in [0.15, 0.2) is 11.3 Å². The van der Waals surface area contributed by atoms with Crippen LogP contribution in [0.2, 0.25) is 0 Å². The number of rotatable bonds is 2. The first-order valence-electron chi connectivity index (χ1n) is 5.56. The predicted octanol–water partition coefficient (Wildman–Crippen LogP) is -1.05. The van der Waals surface area contributed by atoms with Gasteiger partial charge in [-0.15, -0.1) is 0 Å². The monoisotopic (exact) mass is 258 g/mol. The lowest BCUT2D eigenvalue weighted by atomic mass is 10.1. The highest BCUT2D eigenvalue weighted by atomic mass is 16.5. The first-order valence-corrected chi connectivity index (χ1v) is 5.56. The lowest BCUT2D eigenvalue weighted by Crippen LogP contribution is -2.37. The van der Waals surface area contributed by atoms with Crippen LogP contribution in [-0.2, 0) is 4.74 Å². The van der Waals surface area contributed by atoms with Crippen LogP contribution in [0.25, 0.3) is 11.7 Å². The summed E-state index contributed by atoms with van der Waals surface area (Å²) < 4.78 is 6.32. The standard InChI is InChI=1S/C12H10N4O3/c1-19-8-4-2-3-6-10(8)14-9-5-7(11(13)17)15-16(9)12(6)18/h2-5,8H,1H3,(H2,13,17). The van der Waals surface area contributed by atoms with Crippen molar-refractivity contribution in [2.24, 2.45) is 5.73 Å². The summed E-state index contributed by atoms with van der Waals surface area (Å²) >= 11 is 0. The van der Waals surface area contributed by atoms with Crippen LogP contribution in [0, 0.1) is 0 Å². The van der Waals surface area contributed by atoms with E-state index in [0.29, 0.717) is 10.9 Å². The minimum Gasteiger partial charge on any atom is -0.371 e. The summed E-state index contributed by atoms with van der Waals surface area (Å²) in [6, 6.07) is 1.38. The molecule has 7 heteroatoms. The van der Waals surface area contributed by atoms with Crippen molar-refractivity contribution in [3.8, 4) is 0 Å². The van der Waals surface area contributed by atoms with Gasteiger partial charge in [-0.3, -0.25) is 9.59 Å². The van der Waals surface area contributed by atoms with Gasteiger partial charge >= 0.3 is 0 Å². The third-order valence-corrected chi connectivity index (χ3v) is 2.95. The third-order valence-electron chi connectivity index (χ3n) is 2.95. The van der Waals surface area contributed by atoms with E-state index in [1.165, 1.54) is 13.2 Å². The number of hydrogen-bond acceptors (Lipinski definition) is 5. The minimum atomic E-state index is -0.701. The molecule has 2 heterocycles. The number of allylic oxidation sites excluding steroid dienone is 1. The molecule has 0 saturated heterocycles. The average Bonchev–Trinajstić information content (AvgIpc) is 2.83. The molecule has 0 aliphatic heterocycles. The number of hydrogen-bond donors (Lipinski definition) is 1. The van der Waals surface area contributed by atoms with Crippen LogP contribution in [0.1, 0.15) is 22.3 Å². The molecular formula is C12H10N4O3. The van der Waals surface area contributed by atoms with Gasteiger partial charge in [-0.25, -0.2) is 4.98 Å². The van der Waals surface area contributed by atoms with Gasteiger partial charge in [0.1, 0.15) is 6.10 Å². The van der Waals surface area contributed by atoms with Gasteiger partial charge < -0.3 is 10.5 Å². The Balaban J connectivity index is 2.39. The molecule has 2 aromatic rings. The molecule has 0 fully saturated rings. The number of amides is 1. The summed E-state index contributed by atoms with van der Waals surface area (Å²) in [6.45, 7) is 0. The first-order chi connectivity index (χ1) is 9.11. The molecular weight excluding hydrogens is 248 g/mol. The molecule has 19 heavy (non-hydrogen) atoms. The molecule has 0 saturated carbocycles. The number of methoxy groups -OCH3 is 1. The van der Waals surface area contributed by atoms with Crippen molar-refractivity contribution in [3.05, 3.63) is 45.2 Å². The summed E-state index contributed by atoms with van der Waals surface area (Å²) in [7, 11) is 1.53. The number of nitrogens with two attached hydrogens (primary N) is 1. The number of primary amides is 1. The number of aromatic nitrogens is 3. The van der Waals surface area contributed by atoms with Crippen LogP contribution in [0.3, 0.4) is 0 Å². The second-order valence-corrected chi connectivity index (χ2v) is 4.09. The Morgan fingerprint density at radius 1 is 1.53 bits per heavy atom. The Labute approximate surface area is 107 Å². The summed E-state index contributed by atoms with van der Waals surface area (Å²) in [5.41, 5.74) is 5.60. The van der Waals surface area contributed by atoms with Crippen LogP contribution in [0.15, 0.2) is 23.0 Å². The summed E-state index contributed by atoms with van der Waals surface area (Å²) in [5, 5.41) is 4.26. The fraction of sp³-hybridized carbons (Fsp3) is 0.167. The summed E-state index contributed by atoms with van der Waals surface area (Å²) in [4.78, 5) is 27.7. The third kappa shape index (κ3) is 1.63. The van der Waals surface area contributed by atoms with E-state index < -0.39 is 5.91 Å². The maximum atomic E-state index is 12.3. The second-order valence-electron chi connectivity index (χ2n) is 4.09. The molecule has 0 radical (unpaired) electrons. The van der Waals surface area contributed by atoms with Gasteiger partial charge in [0.05, 0.1) is 10.9 Å². The number of carbonyl (C=O) groups is 1. The molecule has 1 aliphatic rings. The van der Waals surface area contributed by atoms with Crippen LogP contribution < -0.4 is 16.5 Å². The lowest BCUT2D eigenvalue weighted by Gasteiger charge is -2.13. The molecule has 1 amide bonds. The predicted molar refractivity (Wildman–Crippen MR) is 66.3 cm³/mol. The molecule has 1 atom stereocenters. The van der Waals surface area contributed by atoms with E-state index in [0.717, 1.165) is 4.52 Å². The molecule has 96 valence electrons. The van der Waals surface area contributed by atoms with Crippen LogP contribution in [0.4, 0.5) is 0 Å². The van der Waals surface area contributed by atoms with Gasteiger partial charge in [-0.2, -0.15) is 9.61 Å². The van der Waals surface area contributed by atoms with Crippen molar-refractivity contribution < 1.29 is 9.53 Å². The average molecular weight is 258 g/mol. The van der Waals surface area contributed by atoms with E-state index in [-0.39, 0.29) is 23.0 Å². The van der Waals surface area contributed by atoms with Gasteiger partial charge in [0.25, 0.3) is 11.5 Å². The fourth-order valence-electron chi connectivity index (χ4n) is 2.04. The highest BCUT2D eigenvalue weighted by molar-refractivity contribution is 5.91.